The highest BCUT2D eigenvalue weighted by Crippen LogP contribution is 2.34. The van der Waals surface area contributed by atoms with Crippen molar-refractivity contribution in [1.29, 1.82) is 0 Å². The molecule has 0 unspecified atom stereocenters. The lowest BCUT2D eigenvalue weighted by atomic mass is 10.2. The van der Waals surface area contributed by atoms with Gasteiger partial charge in [-0.25, -0.2) is 4.79 Å². The molecule has 122 valence electrons. The summed E-state index contributed by atoms with van der Waals surface area (Å²) in [6, 6.07) is 6.53. The Labute approximate surface area is 136 Å². The number of ether oxygens (including phenoxy) is 1. The van der Waals surface area contributed by atoms with E-state index in [1.807, 2.05) is 17.4 Å². The van der Waals surface area contributed by atoms with E-state index in [0.29, 0.717) is 5.69 Å². The number of benzene rings is 1. The summed E-state index contributed by atoms with van der Waals surface area (Å²) < 4.78 is 4.78. The van der Waals surface area contributed by atoms with E-state index in [2.05, 4.69) is 5.32 Å². The molecular formula is C14H15N3O5S. The Morgan fingerprint density at radius 1 is 1.30 bits per heavy atom. The third-order valence-corrected chi connectivity index (χ3v) is 3.99. The van der Waals surface area contributed by atoms with Crippen LogP contribution in [-0.4, -0.2) is 49.8 Å². The molecule has 0 fully saturated rings. The van der Waals surface area contributed by atoms with Gasteiger partial charge in [0.1, 0.15) is 6.54 Å². The van der Waals surface area contributed by atoms with Crippen LogP contribution < -0.4 is 15.5 Å². The zero-order valence-electron chi connectivity index (χ0n) is 12.3. The molecule has 1 heterocycles. The van der Waals surface area contributed by atoms with Gasteiger partial charge in [0.15, 0.2) is 6.61 Å². The van der Waals surface area contributed by atoms with E-state index in [4.69, 9.17) is 4.74 Å². The minimum absolute atomic E-state index is 0.208. The molecule has 1 aromatic rings. The van der Waals surface area contributed by atoms with Crippen molar-refractivity contribution in [2.24, 2.45) is 0 Å². The van der Waals surface area contributed by atoms with Gasteiger partial charge in [0.05, 0.1) is 11.4 Å². The lowest BCUT2D eigenvalue weighted by molar-refractivity contribution is -0.147. The van der Waals surface area contributed by atoms with Crippen LogP contribution in [0.25, 0.3) is 0 Å². The van der Waals surface area contributed by atoms with Crippen LogP contribution in [0.5, 0.6) is 0 Å². The van der Waals surface area contributed by atoms with Crippen molar-refractivity contribution in [3.05, 3.63) is 24.3 Å². The first-order valence-corrected chi connectivity index (χ1v) is 7.69. The lowest BCUT2D eigenvalue weighted by Gasteiger charge is -2.27. The van der Waals surface area contributed by atoms with Crippen LogP contribution in [0, 0.1) is 0 Å². The number of rotatable bonds is 4. The molecule has 23 heavy (non-hydrogen) atoms. The maximum Gasteiger partial charge on any atom is 0.326 e. The standard InChI is InChI=1S/C14H15N3O5S/c1-15-14(21)16-11(18)7-22-13(20)6-17-9-4-2-3-5-10(9)23-8-12(17)19/h2-5H,6-8H2,1H3,(H2,15,16,18,21). The number of hydrogen-bond acceptors (Lipinski definition) is 6. The van der Waals surface area contributed by atoms with Gasteiger partial charge < -0.3 is 10.1 Å². The first-order chi connectivity index (χ1) is 11.0. The van der Waals surface area contributed by atoms with E-state index >= 15 is 0 Å². The lowest BCUT2D eigenvalue weighted by Crippen LogP contribution is -2.42. The minimum Gasteiger partial charge on any atom is -0.454 e. The van der Waals surface area contributed by atoms with Crippen LogP contribution in [0.1, 0.15) is 0 Å². The number of carbonyl (C=O) groups excluding carboxylic acids is 4. The van der Waals surface area contributed by atoms with Crippen molar-refractivity contribution in [2.75, 3.05) is 30.9 Å². The zero-order valence-corrected chi connectivity index (χ0v) is 13.1. The minimum atomic E-state index is -0.751. The normalized spacial score (nSPS) is 13.1. The second kappa shape index (κ2) is 7.63. The summed E-state index contributed by atoms with van der Waals surface area (Å²) in [6.07, 6.45) is 0. The van der Waals surface area contributed by atoms with Gasteiger partial charge >= 0.3 is 12.0 Å². The predicted molar refractivity (Wildman–Crippen MR) is 83.1 cm³/mol. The van der Waals surface area contributed by atoms with Gasteiger partial charge in [-0.3, -0.25) is 24.6 Å². The van der Waals surface area contributed by atoms with Gasteiger partial charge in [-0.2, -0.15) is 0 Å². The fraction of sp³-hybridized carbons (Fsp3) is 0.286. The monoisotopic (exact) mass is 337 g/mol. The summed E-state index contributed by atoms with van der Waals surface area (Å²) >= 11 is 1.40. The Balaban J connectivity index is 1.91. The fourth-order valence-corrected chi connectivity index (χ4v) is 2.81. The summed E-state index contributed by atoms with van der Waals surface area (Å²) in [5.74, 6) is -1.45. The molecule has 4 amide bonds. The second-order valence-corrected chi connectivity index (χ2v) is 5.54. The van der Waals surface area contributed by atoms with Crippen molar-refractivity contribution in [2.45, 2.75) is 4.90 Å². The van der Waals surface area contributed by atoms with E-state index in [-0.39, 0.29) is 18.2 Å². The molecule has 0 spiro atoms. The number of esters is 1. The molecular weight excluding hydrogens is 322 g/mol. The Morgan fingerprint density at radius 2 is 2.04 bits per heavy atom. The number of amides is 4. The van der Waals surface area contributed by atoms with E-state index in [1.165, 1.54) is 23.7 Å². The molecule has 2 N–H and O–H groups in total. The summed E-state index contributed by atoms with van der Waals surface area (Å²) in [7, 11) is 1.35. The van der Waals surface area contributed by atoms with Gasteiger partial charge in [0.25, 0.3) is 5.91 Å². The van der Waals surface area contributed by atoms with Crippen molar-refractivity contribution in [3.63, 3.8) is 0 Å². The molecule has 0 aromatic heterocycles. The largest absolute Gasteiger partial charge is 0.454 e. The smallest absolute Gasteiger partial charge is 0.326 e. The number of para-hydroxylation sites is 1. The van der Waals surface area contributed by atoms with Crippen LogP contribution in [0.3, 0.4) is 0 Å². The average molecular weight is 337 g/mol. The van der Waals surface area contributed by atoms with Gasteiger partial charge in [0, 0.05) is 11.9 Å². The van der Waals surface area contributed by atoms with E-state index in [9.17, 15) is 19.2 Å². The summed E-state index contributed by atoms with van der Waals surface area (Å²) in [5, 5.41) is 4.16. The fourth-order valence-electron chi connectivity index (χ4n) is 1.87. The Bertz CT molecular complexity index is 649. The summed E-state index contributed by atoms with van der Waals surface area (Å²) in [4.78, 5) is 48.3. The SMILES string of the molecule is CNC(=O)NC(=O)COC(=O)CN1C(=O)CSc2ccccc21. The van der Waals surface area contributed by atoms with Crippen LogP contribution in [-0.2, 0) is 19.1 Å². The molecule has 0 atom stereocenters. The van der Waals surface area contributed by atoms with Gasteiger partial charge in [-0.1, -0.05) is 12.1 Å². The molecule has 1 aromatic carbocycles. The molecule has 0 bridgehead atoms. The number of urea groups is 1. The predicted octanol–water partition coefficient (Wildman–Crippen LogP) is 0.124. The van der Waals surface area contributed by atoms with Gasteiger partial charge in [-0.05, 0) is 12.1 Å². The number of anilines is 1. The molecule has 0 aliphatic carbocycles. The highest BCUT2D eigenvalue weighted by molar-refractivity contribution is 8.00. The van der Waals surface area contributed by atoms with Crippen molar-refractivity contribution < 1.29 is 23.9 Å². The number of fused-ring (bicyclic) bond motifs is 1. The van der Waals surface area contributed by atoms with E-state index in [1.54, 1.807) is 12.1 Å². The zero-order chi connectivity index (χ0) is 16.8. The third-order valence-electron chi connectivity index (χ3n) is 2.94. The maximum atomic E-state index is 12.0. The summed E-state index contributed by atoms with van der Waals surface area (Å²) in [5.41, 5.74) is 0.639. The topological polar surface area (TPSA) is 105 Å². The van der Waals surface area contributed by atoms with Crippen molar-refractivity contribution in [3.8, 4) is 0 Å². The number of hydrogen-bond donors (Lipinski definition) is 2. The average Bonchev–Trinajstić information content (AvgIpc) is 2.55. The molecule has 1 aliphatic heterocycles. The molecule has 0 radical (unpaired) electrons. The first-order valence-electron chi connectivity index (χ1n) is 6.70. The number of imide groups is 1. The Morgan fingerprint density at radius 3 is 2.78 bits per heavy atom. The van der Waals surface area contributed by atoms with Crippen LogP contribution in [0.2, 0.25) is 0 Å². The number of carbonyl (C=O) groups is 4. The first kappa shape index (κ1) is 16.8. The molecule has 2 rings (SSSR count). The Kier molecular flexibility index (Phi) is 5.58. The van der Waals surface area contributed by atoms with Crippen LogP contribution >= 0.6 is 11.8 Å². The maximum absolute atomic E-state index is 12.0. The third kappa shape index (κ3) is 4.46. The van der Waals surface area contributed by atoms with Gasteiger partial charge in [0.2, 0.25) is 5.91 Å². The van der Waals surface area contributed by atoms with Crippen LogP contribution in [0.15, 0.2) is 29.2 Å². The quantitative estimate of drug-likeness (QED) is 0.757. The molecule has 9 heteroatoms. The molecule has 8 nitrogen and oxygen atoms in total. The molecule has 0 saturated heterocycles. The van der Waals surface area contributed by atoms with E-state index in [0.717, 1.165) is 4.90 Å². The molecule has 1 aliphatic rings. The van der Waals surface area contributed by atoms with Crippen molar-refractivity contribution in [1.82, 2.24) is 10.6 Å². The number of nitrogens with one attached hydrogen (secondary N) is 2. The highest BCUT2D eigenvalue weighted by Gasteiger charge is 2.26. The number of nitrogens with zero attached hydrogens (tertiary/aromatic N) is 1. The van der Waals surface area contributed by atoms with Crippen molar-refractivity contribution >= 4 is 41.3 Å². The van der Waals surface area contributed by atoms with Crippen LogP contribution in [0.4, 0.5) is 10.5 Å². The Hall–Kier alpha value is -2.55. The molecule has 0 saturated carbocycles. The summed E-state index contributed by atoms with van der Waals surface area (Å²) in [6.45, 7) is -0.881. The highest BCUT2D eigenvalue weighted by atomic mass is 32.2. The second-order valence-electron chi connectivity index (χ2n) is 4.52. The van der Waals surface area contributed by atoms with E-state index < -0.39 is 24.5 Å². The number of thioether (sulfide) groups is 1. The van der Waals surface area contributed by atoms with Gasteiger partial charge in [-0.15, -0.1) is 11.8 Å².